The monoisotopic (exact) mass is 278 g/mol. The zero-order valence-corrected chi connectivity index (χ0v) is 13.8. The van der Waals surface area contributed by atoms with Gasteiger partial charge in [0.2, 0.25) is 0 Å². The Kier molecular flexibility index (Phi) is 6.76. The number of hydrogen-bond donors (Lipinski definition) is 2. The van der Waals surface area contributed by atoms with E-state index in [4.69, 9.17) is 0 Å². The van der Waals surface area contributed by atoms with Crippen molar-refractivity contribution in [1.29, 1.82) is 0 Å². The number of nitrogens with one attached hydrogen (secondary N) is 2. The van der Waals surface area contributed by atoms with Crippen LogP contribution in [0.25, 0.3) is 0 Å². The normalized spacial score (nSPS) is 12.8. The largest absolute Gasteiger partial charge is 0.370 e. The van der Waals surface area contributed by atoms with Crippen molar-refractivity contribution in [3.8, 4) is 0 Å². The molecule has 0 radical (unpaired) electrons. The Labute approximate surface area is 123 Å². The van der Waals surface area contributed by atoms with Crippen LogP contribution >= 0.6 is 0 Å². The molecule has 1 rings (SSSR count). The molecular weight excluding hydrogens is 248 g/mol. The Hall–Kier alpha value is -1.32. The third-order valence-corrected chi connectivity index (χ3v) is 3.04. The summed E-state index contributed by atoms with van der Waals surface area (Å²) in [5.74, 6) is 3.76. The molecule has 0 spiro atoms. The van der Waals surface area contributed by atoms with Gasteiger partial charge in [0.1, 0.15) is 17.5 Å². The molecule has 0 saturated heterocycles. The van der Waals surface area contributed by atoms with Crippen LogP contribution in [0.5, 0.6) is 0 Å². The molecular formula is C16H30N4. The first-order valence-corrected chi connectivity index (χ1v) is 7.81. The number of nitrogens with zero attached hydrogens (tertiary/aromatic N) is 2. The van der Waals surface area contributed by atoms with Crippen LogP contribution in [0, 0.1) is 5.92 Å². The zero-order chi connectivity index (χ0) is 15.1. The second-order valence-corrected chi connectivity index (χ2v) is 6.25. The molecule has 0 aliphatic heterocycles. The van der Waals surface area contributed by atoms with Gasteiger partial charge in [0, 0.05) is 24.6 Å². The maximum Gasteiger partial charge on any atom is 0.135 e. The number of aromatic nitrogens is 2. The fraction of sp³-hybridized carbons (Fsp3) is 0.750. The van der Waals surface area contributed by atoms with Crippen LogP contribution in [0.4, 0.5) is 11.6 Å². The summed E-state index contributed by atoms with van der Waals surface area (Å²) in [6.45, 7) is 14.0. The highest BCUT2D eigenvalue weighted by molar-refractivity contribution is 5.48. The lowest BCUT2D eigenvalue weighted by atomic mass is 10.1. The first-order chi connectivity index (χ1) is 9.42. The molecule has 1 heterocycles. The molecule has 0 bridgehead atoms. The maximum absolute atomic E-state index is 4.63. The number of anilines is 2. The molecule has 0 fully saturated rings. The van der Waals surface area contributed by atoms with E-state index < -0.39 is 0 Å². The van der Waals surface area contributed by atoms with E-state index >= 15 is 0 Å². The van der Waals surface area contributed by atoms with Gasteiger partial charge in [-0.15, -0.1) is 0 Å². The topological polar surface area (TPSA) is 49.8 Å². The molecule has 2 N–H and O–H groups in total. The van der Waals surface area contributed by atoms with Gasteiger partial charge in [-0.3, -0.25) is 0 Å². The van der Waals surface area contributed by atoms with Crippen molar-refractivity contribution in [2.75, 3.05) is 17.2 Å². The van der Waals surface area contributed by atoms with Crippen molar-refractivity contribution >= 4 is 11.6 Å². The Morgan fingerprint density at radius 1 is 1.05 bits per heavy atom. The van der Waals surface area contributed by atoms with Crippen molar-refractivity contribution in [2.24, 2.45) is 5.92 Å². The molecule has 20 heavy (non-hydrogen) atoms. The van der Waals surface area contributed by atoms with Gasteiger partial charge in [-0.25, -0.2) is 9.97 Å². The molecule has 1 aromatic heterocycles. The summed E-state index contributed by atoms with van der Waals surface area (Å²) in [5, 5.41) is 6.85. The number of hydrogen-bond acceptors (Lipinski definition) is 4. The quantitative estimate of drug-likeness (QED) is 0.745. The summed E-state index contributed by atoms with van der Waals surface area (Å²) in [7, 11) is 0. The van der Waals surface area contributed by atoms with Gasteiger partial charge in [-0.1, -0.05) is 34.6 Å². The van der Waals surface area contributed by atoms with Gasteiger partial charge in [0.15, 0.2) is 0 Å². The van der Waals surface area contributed by atoms with Crippen LogP contribution < -0.4 is 10.6 Å². The molecule has 1 unspecified atom stereocenters. The molecule has 0 aliphatic rings. The number of rotatable bonds is 8. The van der Waals surface area contributed by atoms with Gasteiger partial charge in [0.25, 0.3) is 0 Å². The van der Waals surface area contributed by atoms with E-state index in [0.29, 0.717) is 17.9 Å². The Balaban J connectivity index is 2.85. The summed E-state index contributed by atoms with van der Waals surface area (Å²) < 4.78 is 0. The molecule has 0 amide bonds. The zero-order valence-electron chi connectivity index (χ0n) is 13.8. The Bertz CT molecular complexity index is 401. The highest BCUT2D eigenvalue weighted by atomic mass is 15.1. The van der Waals surface area contributed by atoms with Gasteiger partial charge in [-0.05, 0) is 25.7 Å². The molecule has 114 valence electrons. The van der Waals surface area contributed by atoms with E-state index in [1.807, 2.05) is 6.07 Å². The van der Waals surface area contributed by atoms with Crippen LogP contribution in [-0.2, 0) is 0 Å². The van der Waals surface area contributed by atoms with Crippen LogP contribution in [0.15, 0.2) is 6.07 Å². The molecule has 4 nitrogen and oxygen atoms in total. The summed E-state index contributed by atoms with van der Waals surface area (Å²) in [5.41, 5.74) is 0. The maximum atomic E-state index is 4.63. The van der Waals surface area contributed by atoms with Gasteiger partial charge in [-0.2, -0.15) is 0 Å². The van der Waals surface area contributed by atoms with Crippen molar-refractivity contribution < 1.29 is 0 Å². The standard InChI is InChI=1S/C16H30N4/c1-7-8-17-14-10-15(18-13(6)9-11(2)3)20-16(19-14)12(4)5/h10-13H,7-9H2,1-6H3,(H2,17,18,19,20). The van der Waals surface area contributed by atoms with Crippen molar-refractivity contribution in [2.45, 2.75) is 66.3 Å². The van der Waals surface area contributed by atoms with E-state index in [1.165, 1.54) is 0 Å². The second kappa shape index (κ2) is 8.08. The minimum absolute atomic E-state index is 0.333. The molecule has 0 aromatic carbocycles. The smallest absolute Gasteiger partial charge is 0.135 e. The molecule has 0 aliphatic carbocycles. The van der Waals surface area contributed by atoms with Crippen LogP contribution in [-0.4, -0.2) is 22.6 Å². The minimum atomic E-state index is 0.333. The van der Waals surface area contributed by atoms with E-state index in [0.717, 1.165) is 36.8 Å². The summed E-state index contributed by atoms with van der Waals surface area (Å²) in [6, 6.07) is 2.43. The van der Waals surface area contributed by atoms with Crippen LogP contribution in [0.3, 0.4) is 0 Å². The first-order valence-electron chi connectivity index (χ1n) is 7.81. The van der Waals surface area contributed by atoms with Crippen LogP contribution in [0.2, 0.25) is 0 Å². The molecule has 0 saturated carbocycles. The predicted molar refractivity (Wildman–Crippen MR) is 87.4 cm³/mol. The van der Waals surface area contributed by atoms with Gasteiger partial charge < -0.3 is 10.6 Å². The van der Waals surface area contributed by atoms with Gasteiger partial charge in [0.05, 0.1) is 0 Å². The highest BCUT2D eigenvalue weighted by Gasteiger charge is 2.10. The second-order valence-electron chi connectivity index (χ2n) is 6.25. The third-order valence-electron chi connectivity index (χ3n) is 3.04. The average molecular weight is 278 g/mol. The van der Waals surface area contributed by atoms with E-state index in [-0.39, 0.29) is 0 Å². The van der Waals surface area contributed by atoms with E-state index in [2.05, 4.69) is 62.1 Å². The lowest BCUT2D eigenvalue weighted by Gasteiger charge is -2.18. The summed E-state index contributed by atoms with van der Waals surface area (Å²) >= 11 is 0. The highest BCUT2D eigenvalue weighted by Crippen LogP contribution is 2.18. The Morgan fingerprint density at radius 2 is 1.70 bits per heavy atom. The fourth-order valence-electron chi connectivity index (χ4n) is 2.16. The van der Waals surface area contributed by atoms with Crippen LogP contribution in [0.1, 0.15) is 66.1 Å². The van der Waals surface area contributed by atoms with E-state index in [9.17, 15) is 0 Å². The molecule has 4 heteroatoms. The van der Waals surface area contributed by atoms with Crippen molar-refractivity contribution in [3.63, 3.8) is 0 Å². The van der Waals surface area contributed by atoms with E-state index in [1.54, 1.807) is 0 Å². The summed E-state index contributed by atoms with van der Waals surface area (Å²) in [6.07, 6.45) is 2.23. The average Bonchev–Trinajstić information content (AvgIpc) is 2.34. The SMILES string of the molecule is CCCNc1cc(NC(C)CC(C)C)nc(C(C)C)n1. The molecule has 1 aromatic rings. The predicted octanol–water partition coefficient (Wildman–Crippen LogP) is 4.27. The van der Waals surface area contributed by atoms with Gasteiger partial charge >= 0.3 is 0 Å². The van der Waals surface area contributed by atoms with Crippen molar-refractivity contribution in [1.82, 2.24) is 9.97 Å². The Morgan fingerprint density at radius 3 is 2.25 bits per heavy atom. The third kappa shape index (κ3) is 5.76. The fourth-order valence-corrected chi connectivity index (χ4v) is 2.16. The van der Waals surface area contributed by atoms with Crippen molar-refractivity contribution in [3.05, 3.63) is 11.9 Å². The molecule has 1 atom stereocenters. The lowest BCUT2D eigenvalue weighted by Crippen LogP contribution is -2.19. The summed E-state index contributed by atoms with van der Waals surface area (Å²) in [4.78, 5) is 9.20. The lowest BCUT2D eigenvalue weighted by molar-refractivity contribution is 0.538. The minimum Gasteiger partial charge on any atom is -0.370 e. The first kappa shape index (κ1) is 16.7.